The average Bonchev–Trinajstić information content (AvgIpc) is 2.67. The van der Waals surface area contributed by atoms with Crippen LogP contribution in [0.3, 0.4) is 0 Å². The van der Waals surface area contributed by atoms with Crippen molar-refractivity contribution in [3.8, 4) is 11.5 Å². The number of unbranched alkanes of at least 4 members (excludes halogenated alkanes) is 1. The van der Waals surface area contributed by atoms with Crippen molar-refractivity contribution < 1.29 is 19.4 Å². The molecule has 2 aromatic carbocycles. The summed E-state index contributed by atoms with van der Waals surface area (Å²) in [4.78, 5) is 25.8. The van der Waals surface area contributed by atoms with E-state index in [9.17, 15) is 14.7 Å². The van der Waals surface area contributed by atoms with Crippen LogP contribution in [0.4, 0.5) is 11.4 Å². The van der Waals surface area contributed by atoms with Crippen LogP contribution in [0.5, 0.6) is 11.5 Å². The number of benzene rings is 2. The summed E-state index contributed by atoms with van der Waals surface area (Å²) in [5.74, 6) is 0.100. The molecule has 0 saturated carbocycles. The van der Waals surface area contributed by atoms with Gasteiger partial charge in [-0.05, 0) is 50.5 Å². The van der Waals surface area contributed by atoms with Crippen molar-refractivity contribution >= 4 is 23.2 Å². The third kappa shape index (κ3) is 5.98. The summed E-state index contributed by atoms with van der Waals surface area (Å²) in [6, 6.07) is 10.5. The van der Waals surface area contributed by atoms with E-state index in [1.807, 2.05) is 32.0 Å². The van der Waals surface area contributed by atoms with E-state index < -0.39 is 6.10 Å². The fourth-order valence-electron chi connectivity index (χ4n) is 2.95. The first kappa shape index (κ1) is 22.3. The standard InChI is InChI=1S/C23H30N2O4/c1-6-7-8-22(29-21-12-9-15(2)13-16(21)3)23(28)24-19-11-10-18(14-20(19)27)25(5)17(4)26/h9-14,22,27H,6-8H2,1-5H3,(H,24,28). The van der Waals surface area contributed by atoms with E-state index in [0.717, 1.165) is 24.0 Å². The lowest BCUT2D eigenvalue weighted by Crippen LogP contribution is -2.33. The zero-order valence-electron chi connectivity index (χ0n) is 17.8. The van der Waals surface area contributed by atoms with Crippen LogP contribution in [-0.4, -0.2) is 30.1 Å². The minimum Gasteiger partial charge on any atom is -0.506 e. The fourth-order valence-corrected chi connectivity index (χ4v) is 2.95. The van der Waals surface area contributed by atoms with Crippen molar-refractivity contribution in [3.63, 3.8) is 0 Å². The Balaban J connectivity index is 2.18. The van der Waals surface area contributed by atoms with Crippen LogP contribution in [0.15, 0.2) is 36.4 Å². The van der Waals surface area contributed by atoms with Gasteiger partial charge in [0.1, 0.15) is 11.5 Å². The summed E-state index contributed by atoms with van der Waals surface area (Å²) in [5, 5.41) is 13.0. The summed E-state index contributed by atoms with van der Waals surface area (Å²) in [6.45, 7) is 7.46. The van der Waals surface area contributed by atoms with Gasteiger partial charge < -0.3 is 20.1 Å². The Morgan fingerprint density at radius 3 is 2.48 bits per heavy atom. The predicted molar refractivity (Wildman–Crippen MR) is 116 cm³/mol. The number of carbonyl (C=O) groups is 2. The molecule has 6 nitrogen and oxygen atoms in total. The SMILES string of the molecule is CCCCC(Oc1ccc(C)cc1C)C(=O)Nc1ccc(N(C)C(C)=O)cc1O. The molecule has 2 N–H and O–H groups in total. The quantitative estimate of drug-likeness (QED) is 0.639. The van der Waals surface area contributed by atoms with Crippen LogP contribution in [0.1, 0.15) is 44.2 Å². The third-order valence-corrected chi connectivity index (χ3v) is 4.81. The molecule has 0 saturated heterocycles. The van der Waals surface area contributed by atoms with Gasteiger partial charge >= 0.3 is 0 Å². The Hall–Kier alpha value is -3.02. The molecule has 1 unspecified atom stereocenters. The monoisotopic (exact) mass is 398 g/mol. The number of rotatable bonds is 8. The number of carbonyl (C=O) groups excluding carboxylic acids is 2. The molecule has 29 heavy (non-hydrogen) atoms. The normalized spacial score (nSPS) is 11.6. The van der Waals surface area contributed by atoms with Crippen molar-refractivity contribution in [2.24, 2.45) is 0 Å². The molecule has 0 aromatic heterocycles. The van der Waals surface area contributed by atoms with E-state index in [-0.39, 0.29) is 23.3 Å². The van der Waals surface area contributed by atoms with Gasteiger partial charge in [0, 0.05) is 25.7 Å². The highest BCUT2D eigenvalue weighted by Gasteiger charge is 2.22. The molecular formula is C23H30N2O4. The Labute approximate surface area is 172 Å². The van der Waals surface area contributed by atoms with Gasteiger partial charge in [0.05, 0.1) is 5.69 Å². The topological polar surface area (TPSA) is 78.9 Å². The number of amides is 2. The molecule has 0 spiro atoms. The van der Waals surface area contributed by atoms with Gasteiger partial charge in [-0.2, -0.15) is 0 Å². The van der Waals surface area contributed by atoms with Gasteiger partial charge in [-0.3, -0.25) is 9.59 Å². The molecule has 0 heterocycles. The number of aryl methyl sites for hydroxylation is 2. The lowest BCUT2D eigenvalue weighted by atomic mass is 10.1. The number of ether oxygens (including phenoxy) is 1. The zero-order valence-corrected chi connectivity index (χ0v) is 17.8. The number of nitrogens with one attached hydrogen (secondary N) is 1. The van der Waals surface area contributed by atoms with E-state index >= 15 is 0 Å². The Kier molecular flexibility index (Phi) is 7.65. The molecule has 2 rings (SSSR count). The summed E-state index contributed by atoms with van der Waals surface area (Å²) in [5.41, 5.74) is 2.92. The van der Waals surface area contributed by atoms with Gasteiger partial charge in [0.25, 0.3) is 5.91 Å². The van der Waals surface area contributed by atoms with Crippen molar-refractivity contribution in [3.05, 3.63) is 47.5 Å². The molecule has 0 radical (unpaired) electrons. The molecular weight excluding hydrogens is 368 g/mol. The minimum atomic E-state index is -0.671. The zero-order chi connectivity index (χ0) is 21.6. The Bertz CT molecular complexity index is 879. The third-order valence-electron chi connectivity index (χ3n) is 4.81. The van der Waals surface area contributed by atoms with Crippen LogP contribution in [0.25, 0.3) is 0 Å². The van der Waals surface area contributed by atoms with E-state index in [1.54, 1.807) is 19.2 Å². The fraction of sp³-hybridized carbons (Fsp3) is 0.391. The number of nitrogens with zero attached hydrogens (tertiary/aromatic N) is 1. The first-order valence-electron chi connectivity index (χ1n) is 9.85. The molecule has 1 atom stereocenters. The van der Waals surface area contributed by atoms with Gasteiger partial charge in [0.2, 0.25) is 5.91 Å². The lowest BCUT2D eigenvalue weighted by Gasteiger charge is -2.21. The van der Waals surface area contributed by atoms with E-state index in [4.69, 9.17) is 4.74 Å². The first-order chi connectivity index (χ1) is 13.7. The van der Waals surface area contributed by atoms with E-state index in [0.29, 0.717) is 17.9 Å². The van der Waals surface area contributed by atoms with E-state index in [2.05, 4.69) is 12.2 Å². The molecule has 0 aliphatic rings. The second-order valence-corrected chi connectivity index (χ2v) is 7.29. The molecule has 6 heteroatoms. The highest BCUT2D eigenvalue weighted by molar-refractivity contribution is 5.97. The minimum absolute atomic E-state index is 0.107. The number of hydrogen-bond acceptors (Lipinski definition) is 4. The highest BCUT2D eigenvalue weighted by atomic mass is 16.5. The Morgan fingerprint density at radius 2 is 1.90 bits per heavy atom. The molecule has 2 aromatic rings. The van der Waals surface area contributed by atoms with Crippen molar-refractivity contribution in [2.45, 2.75) is 53.1 Å². The number of aromatic hydroxyl groups is 1. The highest BCUT2D eigenvalue weighted by Crippen LogP contribution is 2.29. The molecule has 0 aliphatic carbocycles. The molecule has 156 valence electrons. The summed E-state index contributed by atoms with van der Waals surface area (Å²) >= 11 is 0. The molecule has 0 aliphatic heterocycles. The van der Waals surface area contributed by atoms with Crippen molar-refractivity contribution in [1.29, 1.82) is 0 Å². The maximum atomic E-state index is 12.9. The van der Waals surface area contributed by atoms with Gasteiger partial charge in [-0.15, -0.1) is 0 Å². The number of phenols is 1. The van der Waals surface area contributed by atoms with Crippen LogP contribution in [-0.2, 0) is 9.59 Å². The lowest BCUT2D eigenvalue weighted by molar-refractivity contribution is -0.123. The molecule has 0 bridgehead atoms. The number of anilines is 2. The van der Waals surface area contributed by atoms with Crippen LogP contribution in [0.2, 0.25) is 0 Å². The van der Waals surface area contributed by atoms with Crippen molar-refractivity contribution in [1.82, 2.24) is 0 Å². The molecule has 2 amide bonds. The largest absolute Gasteiger partial charge is 0.506 e. The predicted octanol–water partition coefficient (Wildman–Crippen LogP) is 4.57. The van der Waals surface area contributed by atoms with Gasteiger partial charge in [0.15, 0.2) is 6.10 Å². The second-order valence-electron chi connectivity index (χ2n) is 7.29. The van der Waals surface area contributed by atoms with Crippen LogP contribution < -0.4 is 15.0 Å². The first-order valence-corrected chi connectivity index (χ1v) is 9.85. The molecule has 0 fully saturated rings. The van der Waals surface area contributed by atoms with Crippen LogP contribution >= 0.6 is 0 Å². The average molecular weight is 399 g/mol. The van der Waals surface area contributed by atoms with E-state index in [1.165, 1.54) is 17.9 Å². The Morgan fingerprint density at radius 1 is 1.17 bits per heavy atom. The summed E-state index contributed by atoms with van der Waals surface area (Å²) < 4.78 is 6.02. The van der Waals surface area contributed by atoms with Gasteiger partial charge in [-0.1, -0.05) is 31.0 Å². The smallest absolute Gasteiger partial charge is 0.265 e. The van der Waals surface area contributed by atoms with Crippen LogP contribution in [0, 0.1) is 13.8 Å². The number of phenolic OH excluding ortho intramolecular Hbond substituents is 1. The van der Waals surface area contributed by atoms with Gasteiger partial charge in [-0.25, -0.2) is 0 Å². The number of hydrogen-bond donors (Lipinski definition) is 2. The summed E-state index contributed by atoms with van der Waals surface area (Å²) in [7, 11) is 1.62. The maximum absolute atomic E-state index is 12.9. The van der Waals surface area contributed by atoms with Crippen molar-refractivity contribution in [2.75, 3.05) is 17.3 Å². The maximum Gasteiger partial charge on any atom is 0.265 e. The second kappa shape index (κ2) is 9.96. The summed E-state index contributed by atoms with van der Waals surface area (Å²) in [6.07, 6.45) is 1.69.